The summed E-state index contributed by atoms with van der Waals surface area (Å²) in [5.41, 5.74) is 1.04. The predicted octanol–water partition coefficient (Wildman–Crippen LogP) is -0.764. The molecule has 1 saturated heterocycles. The molecule has 19 heavy (non-hydrogen) atoms. The van der Waals surface area contributed by atoms with Gasteiger partial charge in [-0.25, -0.2) is 0 Å². The van der Waals surface area contributed by atoms with Crippen molar-refractivity contribution in [2.75, 3.05) is 13.8 Å². The van der Waals surface area contributed by atoms with Crippen LogP contribution in [-0.2, 0) is 16.1 Å². The van der Waals surface area contributed by atoms with Gasteiger partial charge in [0, 0.05) is 12.6 Å². The van der Waals surface area contributed by atoms with Crippen LogP contribution < -0.4 is 14.8 Å². The van der Waals surface area contributed by atoms with Crippen LogP contribution in [0.25, 0.3) is 0 Å². The van der Waals surface area contributed by atoms with Crippen molar-refractivity contribution >= 4 is 11.8 Å². The number of fused-ring (bicyclic) bond motifs is 1. The SMILES string of the molecule is CN1C(=O)C[C@@H]([NH2+]Cc2ccc3c(c2)OCO3)C1=O. The Morgan fingerprint density at radius 1 is 1.32 bits per heavy atom. The first kappa shape index (κ1) is 12.0. The summed E-state index contributed by atoms with van der Waals surface area (Å²) < 4.78 is 10.5. The molecule has 0 bridgehead atoms. The molecule has 1 aromatic rings. The molecule has 0 radical (unpaired) electrons. The summed E-state index contributed by atoms with van der Waals surface area (Å²) in [7, 11) is 1.53. The Kier molecular flexibility index (Phi) is 2.87. The molecule has 6 heteroatoms. The van der Waals surface area contributed by atoms with Crippen LogP contribution in [0.1, 0.15) is 12.0 Å². The van der Waals surface area contributed by atoms with E-state index < -0.39 is 0 Å². The molecule has 2 heterocycles. The lowest BCUT2D eigenvalue weighted by atomic mass is 10.1. The third-order valence-corrected chi connectivity index (χ3v) is 3.49. The second-order valence-electron chi connectivity index (χ2n) is 4.73. The minimum atomic E-state index is -0.303. The maximum atomic E-state index is 11.8. The van der Waals surface area contributed by atoms with Crippen LogP contribution >= 0.6 is 0 Å². The third-order valence-electron chi connectivity index (χ3n) is 3.49. The number of quaternary nitrogens is 1. The monoisotopic (exact) mass is 263 g/mol. The average Bonchev–Trinajstić information content (AvgIpc) is 2.96. The summed E-state index contributed by atoms with van der Waals surface area (Å²) in [5.74, 6) is 1.25. The molecule has 0 spiro atoms. The third kappa shape index (κ3) is 2.15. The highest BCUT2D eigenvalue weighted by Gasteiger charge is 2.38. The van der Waals surface area contributed by atoms with E-state index in [4.69, 9.17) is 9.47 Å². The van der Waals surface area contributed by atoms with E-state index in [0.29, 0.717) is 6.54 Å². The minimum Gasteiger partial charge on any atom is -0.454 e. The second kappa shape index (κ2) is 4.55. The van der Waals surface area contributed by atoms with Crippen molar-refractivity contribution in [3.63, 3.8) is 0 Å². The van der Waals surface area contributed by atoms with Crippen molar-refractivity contribution in [1.82, 2.24) is 4.90 Å². The maximum absolute atomic E-state index is 11.8. The van der Waals surface area contributed by atoms with E-state index in [-0.39, 0.29) is 31.1 Å². The highest BCUT2D eigenvalue weighted by Crippen LogP contribution is 2.32. The van der Waals surface area contributed by atoms with E-state index in [1.807, 2.05) is 23.5 Å². The molecule has 2 aliphatic heterocycles. The van der Waals surface area contributed by atoms with Gasteiger partial charge >= 0.3 is 0 Å². The Bertz CT molecular complexity index is 543. The quantitative estimate of drug-likeness (QED) is 0.727. The number of likely N-dealkylation sites (tertiary alicyclic amines) is 1. The first-order chi connectivity index (χ1) is 9.15. The van der Waals surface area contributed by atoms with Gasteiger partial charge in [-0.05, 0) is 18.2 Å². The number of carbonyl (C=O) groups is 2. The van der Waals surface area contributed by atoms with E-state index >= 15 is 0 Å². The van der Waals surface area contributed by atoms with Gasteiger partial charge in [0.25, 0.3) is 5.91 Å². The zero-order chi connectivity index (χ0) is 13.4. The topological polar surface area (TPSA) is 72.5 Å². The Balaban J connectivity index is 1.64. The predicted molar refractivity (Wildman–Crippen MR) is 64.4 cm³/mol. The Hall–Kier alpha value is -2.08. The first-order valence-corrected chi connectivity index (χ1v) is 6.17. The fraction of sp³-hybridized carbons (Fsp3) is 0.385. The van der Waals surface area contributed by atoms with Gasteiger partial charge in [-0.2, -0.15) is 0 Å². The molecule has 0 unspecified atom stereocenters. The first-order valence-electron chi connectivity index (χ1n) is 6.17. The van der Waals surface area contributed by atoms with Crippen LogP contribution in [0.3, 0.4) is 0 Å². The van der Waals surface area contributed by atoms with Gasteiger partial charge in [0.2, 0.25) is 12.7 Å². The van der Waals surface area contributed by atoms with Crippen molar-refractivity contribution in [2.45, 2.75) is 19.0 Å². The second-order valence-corrected chi connectivity index (χ2v) is 4.73. The molecule has 1 aromatic carbocycles. The molecule has 1 fully saturated rings. The number of hydrogen-bond acceptors (Lipinski definition) is 4. The van der Waals surface area contributed by atoms with Gasteiger partial charge in [-0.1, -0.05) is 0 Å². The van der Waals surface area contributed by atoms with Crippen LogP contribution in [0.4, 0.5) is 0 Å². The molecule has 100 valence electrons. The van der Waals surface area contributed by atoms with Gasteiger partial charge < -0.3 is 14.8 Å². The molecular weight excluding hydrogens is 248 g/mol. The zero-order valence-electron chi connectivity index (χ0n) is 10.6. The van der Waals surface area contributed by atoms with Gasteiger partial charge in [-0.3, -0.25) is 14.5 Å². The summed E-state index contributed by atoms with van der Waals surface area (Å²) >= 11 is 0. The van der Waals surface area contributed by atoms with Crippen LogP contribution in [0.15, 0.2) is 18.2 Å². The van der Waals surface area contributed by atoms with Crippen molar-refractivity contribution in [1.29, 1.82) is 0 Å². The maximum Gasteiger partial charge on any atom is 0.287 e. The van der Waals surface area contributed by atoms with Gasteiger partial charge in [-0.15, -0.1) is 0 Å². The Morgan fingerprint density at radius 3 is 2.84 bits per heavy atom. The lowest BCUT2D eigenvalue weighted by Crippen LogP contribution is -2.90. The zero-order valence-corrected chi connectivity index (χ0v) is 10.6. The van der Waals surface area contributed by atoms with Crippen LogP contribution in [0.5, 0.6) is 11.5 Å². The summed E-state index contributed by atoms with van der Waals surface area (Å²) in [6, 6.07) is 5.40. The van der Waals surface area contributed by atoms with E-state index in [1.54, 1.807) is 0 Å². The fourth-order valence-electron chi connectivity index (χ4n) is 2.31. The van der Waals surface area contributed by atoms with Gasteiger partial charge in [0.05, 0.1) is 6.42 Å². The van der Waals surface area contributed by atoms with Crippen LogP contribution in [0, 0.1) is 0 Å². The van der Waals surface area contributed by atoms with Crippen molar-refractivity contribution in [3.05, 3.63) is 23.8 Å². The minimum absolute atomic E-state index is 0.114. The smallest absolute Gasteiger partial charge is 0.287 e. The van der Waals surface area contributed by atoms with Gasteiger partial charge in [0.1, 0.15) is 6.54 Å². The fourth-order valence-corrected chi connectivity index (χ4v) is 2.31. The van der Waals surface area contributed by atoms with Crippen LogP contribution in [0.2, 0.25) is 0 Å². The molecule has 6 nitrogen and oxygen atoms in total. The highest BCUT2D eigenvalue weighted by molar-refractivity contribution is 6.04. The number of rotatable bonds is 3. The molecule has 3 rings (SSSR count). The summed E-state index contributed by atoms with van der Waals surface area (Å²) in [6.45, 7) is 0.886. The number of nitrogens with zero attached hydrogens (tertiary/aromatic N) is 1. The number of benzene rings is 1. The molecule has 0 saturated carbocycles. The number of likely N-dealkylation sites (N-methyl/N-ethyl adjacent to an activating group) is 1. The molecule has 0 aliphatic carbocycles. The Labute approximate surface area is 110 Å². The van der Waals surface area contributed by atoms with E-state index in [1.165, 1.54) is 11.9 Å². The lowest BCUT2D eigenvalue weighted by Gasteiger charge is -2.08. The average molecular weight is 263 g/mol. The van der Waals surface area contributed by atoms with E-state index in [9.17, 15) is 9.59 Å². The number of nitrogens with two attached hydrogens (primary N) is 1. The number of hydrogen-bond donors (Lipinski definition) is 1. The number of amides is 2. The summed E-state index contributed by atoms with van der Waals surface area (Å²) in [6.07, 6.45) is 0.278. The normalized spacial score (nSPS) is 21.3. The van der Waals surface area contributed by atoms with Crippen molar-refractivity contribution in [2.24, 2.45) is 0 Å². The van der Waals surface area contributed by atoms with Gasteiger partial charge in [0.15, 0.2) is 17.5 Å². The van der Waals surface area contributed by atoms with E-state index in [2.05, 4.69) is 0 Å². The van der Waals surface area contributed by atoms with Crippen molar-refractivity contribution in [3.8, 4) is 11.5 Å². The largest absolute Gasteiger partial charge is 0.454 e. The number of ether oxygens (including phenoxy) is 2. The molecule has 2 N–H and O–H groups in total. The van der Waals surface area contributed by atoms with Crippen LogP contribution in [-0.4, -0.2) is 36.6 Å². The summed E-state index contributed by atoms with van der Waals surface area (Å²) in [5, 5.41) is 1.89. The highest BCUT2D eigenvalue weighted by atomic mass is 16.7. The molecule has 2 amide bonds. The molecule has 0 aromatic heterocycles. The lowest BCUT2D eigenvalue weighted by molar-refractivity contribution is -0.690. The van der Waals surface area contributed by atoms with Crippen molar-refractivity contribution < 1.29 is 24.4 Å². The summed E-state index contributed by atoms with van der Waals surface area (Å²) in [4.78, 5) is 24.4. The molecule has 2 aliphatic rings. The standard InChI is InChI=1S/C13H14N2O4/c1-15-12(16)5-9(13(15)17)14-6-8-2-3-10-11(4-8)19-7-18-10/h2-4,9,14H,5-7H2,1H3/p+1/t9-/m1/s1. The Morgan fingerprint density at radius 2 is 2.11 bits per heavy atom. The van der Waals surface area contributed by atoms with E-state index in [0.717, 1.165) is 17.1 Å². The number of carbonyl (C=O) groups excluding carboxylic acids is 2. The number of imide groups is 1. The molecular formula is C13H15N2O4+. The molecule has 1 atom stereocenters.